The van der Waals surface area contributed by atoms with Crippen LogP contribution in [-0.2, 0) is 6.42 Å². The van der Waals surface area contributed by atoms with Gasteiger partial charge in [-0.15, -0.1) is 0 Å². The van der Waals surface area contributed by atoms with Crippen LogP contribution in [0.3, 0.4) is 0 Å². The van der Waals surface area contributed by atoms with E-state index < -0.39 is 0 Å². The molecular weight excluding hydrogens is 388 g/mol. The maximum absolute atomic E-state index is 12.9. The summed E-state index contributed by atoms with van der Waals surface area (Å²) in [7, 11) is 0. The van der Waals surface area contributed by atoms with Gasteiger partial charge in [-0.05, 0) is 53.9 Å². The number of furan rings is 1. The summed E-state index contributed by atoms with van der Waals surface area (Å²) in [5.41, 5.74) is 3.29. The zero-order valence-electron chi connectivity index (χ0n) is 16.8. The average Bonchev–Trinajstić information content (AvgIpc) is 3.36. The number of benzene rings is 3. The van der Waals surface area contributed by atoms with Crippen LogP contribution in [0.2, 0.25) is 0 Å². The largest absolute Gasteiger partial charge is 0.459 e. The minimum atomic E-state index is -0.339. The molecule has 0 spiro atoms. The fourth-order valence-electron chi connectivity index (χ4n) is 3.33. The third-order valence-electron chi connectivity index (χ3n) is 4.94. The van der Waals surface area contributed by atoms with E-state index in [2.05, 4.69) is 22.8 Å². The van der Waals surface area contributed by atoms with Crippen LogP contribution in [0.1, 0.15) is 38.1 Å². The Morgan fingerprint density at radius 2 is 1.42 bits per heavy atom. The Bertz CT molecular complexity index is 1120. The number of hydrogen-bond donors (Lipinski definition) is 2. The van der Waals surface area contributed by atoms with E-state index in [0.717, 1.165) is 11.1 Å². The van der Waals surface area contributed by atoms with Crippen LogP contribution in [0, 0.1) is 0 Å². The van der Waals surface area contributed by atoms with Gasteiger partial charge in [0.15, 0.2) is 5.76 Å². The first kappa shape index (κ1) is 20.2. The molecule has 1 atom stereocenters. The minimum absolute atomic E-state index is 0.158. The molecule has 1 unspecified atom stereocenters. The number of amides is 2. The highest BCUT2D eigenvalue weighted by Gasteiger charge is 2.17. The molecule has 0 saturated heterocycles. The Morgan fingerprint density at radius 3 is 2.06 bits per heavy atom. The maximum Gasteiger partial charge on any atom is 0.291 e. The Kier molecular flexibility index (Phi) is 6.24. The lowest BCUT2D eigenvalue weighted by Crippen LogP contribution is -2.30. The van der Waals surface area contributed by atoms with Crippen molar-refractivity contribution < 1.29 is 14.0 Å². The predicted octanol–water partition coefficient (Wildman–Crippen LogP) is 5.25. The van der Waals surface area contributed by atoms with Crippen LogP contribution in [0.5, 0.6) is 0 Å². The van der Waals surface area contributed by atoms with Gasteiger partial charge in [0.2, 0.25) is 0 Å². The lowest BCUT2D eigenvalue weighted by molar-refractivity contribution is 0.0936. The van der Waals surface area contributed by atoms with Crippen molar-refractivity contribution in [3.63, 3.8) is 0 Å². The second-order valence-corrected chi connectivity index (χ2v) is 7.14. The van der Waals surface area contributed by atoms with E-state index in [1.165, 1.54) is 6.26 Å². The SMILES string of the molecule is O=C(NC(Cc1ccccc1)c1ccccc1)c1ccc(NC(=O)c2ccco2)cc1. The van der Waals surface area contributed by atoms with Crippen molar-refractivity contribution in [2.24, 2.45) is 0 Å². The van der Waals surface area contributed by atoms with Gasteiger partial charge in [-0.25, -0.2) is 0 Å². The van der Waals surface area contributed by atoms with Crippen LogP contribution in [0.15, 0.2) is 108 Å². The Balaban J connectivity index is 1.46. The smallest absolute Gasteiger partial charge is 0.291 e. The lowest BCUT2D eigenvalue weighted by Gasteiger charge is -2.20. The molecule has 0 bridgehead atoms. The maximum atomic E-state index is 12.9. The number of nitrogens with one attached hydrogen (secondary N) is 2. The van der Waals surface area contributed by atoms with Crippen molar-refractivity contribution >= 4 is 17.5 Å². The topological polar surface area (TPSA) is 71.3 Å². The van der Waals surface area contributed by atoms with Crippen LogP contribution in [-0.4, -0.2) is 11.8 Å². The van der Waals surface area contributed by atoms with Crippen molar-refractivity contribution in [2.45, 2.75) is 12.5 Å². The van der Waals surface area contributed by atoms with Crippen molar-refractivity contribution in [1.29, 1.82) is 0 Å². The van der Waals surface area contributed by atoms with Crippen LogP contribution in [0.4, 0.5) is 5.69 Å². The molecule has 0 aliphatic carbocycles. The van der Waals surface area contributed by atoms with Crippen molar-refractivity contribution in [3.05, 3.63) is 126 Å². The zero-order valence-corrected chi connectivity index (χ0v) is 16.8. The summed E-state index contributed by atoms with van der Waals surface area (Å²) in [6.07, 6.45) is 2.13. The van der Waals surface area contributed by atoms with Crippen molar-refractivity contribution in [1.82, 2.24) is 5.32 Å². The molecular formula is C26H22N2O3. The summed E-state index contributed by atoms with van der Waals surface area (Å²) in [5, 5.41) is 5.88. The van der Waals surface area contributed by atoms with Gasteiger partial charge >= 0.3 is 0 Å². The Labute approximate surface area is 180 Å². The van der Waals surface area contributed by atoms with Gasteiger partial charge in [0.05, 0.1) is 12.3 Å². The third-order valence-corrected chi connectivity index (χ3v) is 4.94. The molecule has 2 amide bonds. The van der Waals surface area contributed by atoms with Crippen LogP contribution >= 0.6 is 0 Å². The molecule has 4 rings (SSSR count). The molecule has 3 aromatic carbocycles. The summed E-state index contributed by atoms with van der Waals surface area (Å²) in [6.45, 7) is 0. The summed E-state index contributed by atoms with van der Waals surface area (Å²) >= 11 is 0. The fourth-order valence-corrected chi connectivity index (χ4v) is 3.33. The van der Waals surface area contributed by atoms with E-state index in [9.17, 15) is 9.59 Å². The molecule has 154 valence electrons. The molecule has 1 heterocycles. The number of carbonyl (C=O) groups excluding carboxylic acids is 2. The molecule has 4 aromatic rings. The van der Waals surface area contributed by atoms with E-state index in [4.69, 9.17) is 4.42 Å². The quantitative estimate of drug-likeness (QED) is 0.437. The molecule has 2 N–H and O–H groups in total. The second-order valence-electron chi connectivity index (χ2n) is 7.14. The zero-order chi connectivity index (χ0) is 21.5. The molecule has 5 heteroatoms. The molecule has 0 aliphatic rings. The van der Waals surface area contributed by atoms with Gasteiger partial charge in [0, 0.05) is 11.3 Å². The standard InChI is InChI=1S/C26H22N2O3/c29-25(21-13-15-22(16-14-21)27-26(30)24-12-7-17-31-24)28-23(20-10-5-2-6-11-20)18-19-8-3-1-4-9-19/h1-17,23H,18H2,(H,27,30)(H,28,29). The third kappa shape index (κ3) is 5.28. The van der Waals surface area contributed by atoms with E-state index in [0.29, 0.717) is 17.7 Å². The van der Waals surface area contributed by atoms with E-state index in [1.807, 2.05) is 48.5 Å². The average molecular weight is 410 g/mol. The highest BCUT2D eigenvalue weighted by molar-refractivity contribution is 6.02. The lowest BCUT2D eigenvalue weighted by atomic mass is 9.98. The van der Waals surface area contributed by atoms with Crippen LogP contribution in [0.25, 0.3) is 0 Å². The number of rotatable bonds is 7. The summed E-state index contributed by atoms with van der Waals surface area (Å²) in [4.78, 5) is 25.0. The summed E-state index contributed by atoms with van der Waals surface area (Å²) < 4.78 is 5.09. The fraction of sp³-hybridized carbons (Fsp3) is 0.0769. The van der Waals surface area contributed by atoms with Crippen LogP contribution < -0.4 is 10.6 Å². The van der Waals surface area contributed by atoms with Crippen molar-refractivity contribution in [2.75, 3.05) is 5.32 Å². The predicted molar refractivity (Wildman–Crippen MR) is 120 cm³/mol. The van der Waals surface area contributed by atoms with Gasteiger partial charge in [0.1, 0.15) is 0 Å². The van der Waals surface area contributed by atoms with Gasteiger partial charge in [-0.1, -0.05) is 60.7 Å². The van der Waals surface area contributed by atoms with Gasteiger partial charge in [0.25, 0.3) is 11.8 Å². The highest BCUT2D eigenvalue weighted by Crippen LogP contribution is 2.20. The Morgan fingerprint density at radius 1 is 0.742 bits per heavy atom. The van der Waals surface area contributed by atoms with Gasteiger partial charge in [-0.3, -0.25) is 9.59 Å². The molecule has 0 aliphatic heterocycles. The summed E-state index contributed by atoms with van der Waals surface area (Å²) in [6, 6.07) is 29.9. The molecule has 5 nitrogen and oxygen atoms in total. The van der Waals surface area contributed by atoms with Crippen molar-refractivity contribution in [3.8, 4) is 0 Å². The molecule has 0 saturated carbocycles. The molecule has 31 heavy (non-hydrogen) atoms. The Hall–Kier alpha value is -4.12. The summed E-state index contributed by atoms with van der Waals surface area (Å²) in [5.74, 6) is -0.281. The number of hydrogen-bond acceptors (Lipinski definition) is 3. The first-order valence-electron chi connectivity index (χ1n) is 10.0. The minimum Gasteiger partial charge on any atom is -0.459 e. The van der Waals surface area contributed by atoms with E-state index in [-0.39, 0.29) is 23.6 Å². The molecule has 0 fully saturated rings. The highest BCUT2D eigenvalue weighted by atomic mass is 16.3. The first-order valence-corrected chi connectivity index (χ1v) is 10.0. The monoisotopic (exact) mass is 410 g/mol. The first-order chi connectivity index (χ1) is 15.2. The van der Waals surface area contributed by atoms with Gasteiger partial charge < -0.3 is 15.1 Å². The second kappa shape index (κ2) is 9.59. The van der Waals surface area contributed by atoms with E-state index in [1.54, 1.807) is 36.4 Å². The van der Waals surface area contributed by atoms with Gasteiger partial charge in [-0.2, -0.15) is 0 Å². The molecule has 1 aromatic heterocycles. The normalized spacial score (nSPS) is 11.5. The number of anilines is 1. The van der Waals surface area contributed by atoms with E-state index >= 15 is 0 Å². The molecule has 0 radical (unpaired) electrons. The number of carbonyl (C=O) groups is 2.